The maximum absolute atomic E-state index is 14.8. The molecular weight excluding hydrogens is 418 g/mol. The molecule has 2 aromatic rings. The molecule has 4 nitrogen and oxygen atoms in total. The first-order valence-electron chi connectivity index (χ1n) is 11.1. The predicted octanol–water partition coefficient (Wildman–Crippen LogP) is 3.70. The third-order valence-electron chi connectivity index (χ3n) is 6.76. The Balaban J connectivity index is 1.52. The molecule has 2 unspecified atom stereocenters. The van der Waals surface area contributed by atoms with Gasteiger partial charge in [-0.25, -0.2) is 21.9 Å². The van der Waals surface area contributed by atoms with Crippen molar-refractivity contribution in [1.82, 2.24) is 10.0 Å². The van der Waals surface area contributed by atoms with Gasteiger partial charge in [0.15, 0.2) is 0 Å². The highest BCUT2D eigenvalue weighted by Gasteiger charge is 2.34. The van der Waals surface area contributed by atoms with E-state index >= 15 is 0 Å². The number of nitrogens with one attached hydrogen (secondary N) is 2. The molecule has 0 bridgehead atoms. The van der Waals surface area contributed by atoms with Crippen LogP contribution < -0.4 is 10.0 Å². The van der Waals surface area contributed by atoms with Gasteiger partial charge < -0.3 is 5.32 Å². The van der Waals surface area contributed by atoms with Crippen molar-refractivity contribution in [3.63, 3.8) is 0 Å². The molecule has 2 aromatic carbocycles. The standard InChI is InChI=1S/C24H30F2N2O2S/c1-27-15-19-12-18-14-24(26)17(8-9-28-31(29,30)21-6-3-7-21)13-23(18)22(19)11-16-4-2-5-20(25)10-16/h2,4-5,10,13-14,19,21-22,27-28H,3,6-9,11-12,15H2,1H3. The second kappa shape index (κ2) is 9.35. The van der Waals surface area contributed by atoms with Gasteiger partial charge in [0, 0.05) is 6.54 Å². The number of halogens is 2. The number of fused-ring (bicyclic) bond motifs is 1. The zero-order valence-electron chi connectivity index (χ0n) is 17.8. The average Bonchev–Trinajstić information content (AvgIpc) is 2.96. The number of hydrogen-bond donors (Lipinski definition) is 2. The van der Waals surface area contributed by atoms with Crippen LogP contribution in [0.3, 0.4) is 0 Å². The van der Waals surface area contributed by atoms with Gasteiger partial charge in [0.25, 0.3) is 0 Å². The fraction of sp³-hybridized carbons (Fsp3) is 0.500. The molecule has 0 heterocycles. The molecule has 4 rings (SSSR count). The van der Waals surface area contributed by atoms with Crippen LogP contribution in [0, 0.1) is 17.6 Å². The summed E-state index contributed by atoms with van der Waals surface area (Å²) in [4.78, 5) is 0. The van der Waals surface area contributed by atoms with E-state index in [0.717, 1.165) is 36.1 Å². The van der Waals surface area contributed by atoms with Crippen LogP contribution in [0.5, 0.6) is 0 Å². The summed E-state index contributed by atoms with van der Waals surface area (Å²) in [7, 11) is -1.40. The third kappa shape index (κ3) is 4.99. The number of sulfonamides is 1. The molecule has 1 fully saturated rings. The molecule has 0 radical (unpaired) electrons. The molecule has 2 atom stereocenters. The molecule has 0 aromatic heterocycles. The highest BCUT2D eigenvalue weighted by Crippen LogP contribution is 2.41. The van der Waals surface area contributed by atoms with Crippen LogP contribution in [0.4, 0.5) is 8.78 Å². The Morgan fingerprint density at radius 3 is 2.61 bits per heavy atom. The molecule has 0 amide bonds. The van der Waals surface area contributed by atoms with Crippen molar-refractivity contribution < 1.29 is 17.2 Å². The SMILES string of the molecule is CNCC1Cc2cc(F)c(CCNS(=O)(=O)C3CCC3)cc2C1Cc1cccc(F)c1. The van der Waals surface area contributed by atoms with Crippen molar-refractivity contribution in [3.8, 4) is 0 Å². The van der Waals surface area contributed by atoms with Crippen molar-refractivity contribution in [2.24, 2.45) is 5.92 Å². The van der Waals surface area contributed by atoms with Crippen LogP contribution in [0.2, 0.25) is 0 Å². The summed E-state index contributed by atoms with van der Waals surface area (Å²) in [5.41, 5.74) is 3.56. The van der Waals surface area contributed by atoms with Crippen molar-refractivity contribution in [3.05, 3.63) is 70.3 Å². The van der Waals surface area contributed by atoms with Gasteiger partial charge >= 0.3 is 0 Å². The van der Waals surface area contributed by atoms with Crippen LogP contribution in [-0.4, -0.2) is 33.8 Å². The lowest BCUT2D eigenvalue weighted by molar-refractivity contribution is 0.435. The van der Waals surface area contributed by atoms with Crippen LogP contribution in [-0.2, 0) is 29.3 Å². The van der Waals surface area contributed by atoms with Crippen LogP contribution >= 0.6 is 0 Å². The molecule has 2 aliphatic rings. The number of benzene rings is 2. The van der Waals surface area contributed by atoms with Gasteiger partial charge in [0.2, 0.25) is 10.0 Å². The lowest BCUT2D eigenvalue weighted by atomic mass is 9.86. The van der Waals surface area contributed by atoms with E-state index in [9.17, 15) is 17.2 Å². The third-order valence-corrected chi connectivity index (χ3v) is 8.71. The van der Waals surface area contributed by atoms with E-state index in [2.05, 4.69) is 10.0 Å². The van der Waals surface area contributed by atoms with Gasteiger partial charge in [-0.1, -0.05) is 24.6 Å². The Morgan fingerprint density at radius 1 is 1.13 bits per heavy atom. The molecule has 168 valence electrons. The maximum atomic E-state index is 14.8. The van der Waals surface area contributed by atoms with Crippen molar-refractivity contribution in [2.75, 3.05) is 20.1 Å². The summed E-state index contributed by atoms with van der Waals surface area (Å²) < 4.78 is 55.6. The minimum atomic E-state index is -3.31. The fourth-order valence-electron chi connectivity index (χ4n) is 4.87. The first-order chi connectivity index (χ1) is 14.9. The molecule has 7 heteroatoms. The normalized spacial score (nSPS) is 21.1. The highest BCUT2D eigenvalue weighted by molar-refractivity contribution is 7.90. The van der Waals surface area contributed by atoms with Gasteiger partial charge in [-0.3, -0.25) is 0 Å². The summed E-state index contributed by atoms with van der Waals surface area (Å²) in [5.74, 6) is -0.0686. The Bertz CT molecular complexity index is 1040. The zero-order chi connectivity index (χ0) is 22.0. The zero-order valence-corrected chi connectivity index (χ0v) is 18.7. The largest absolute Gasteiger partial charge is 0.319 e. The minimum absolute atomic E-state index is 0.162. The molecule has 0 aliphatic heterocycles. The van der Waals surface area contributed by atoms with Gasteiger partial charge in [0.1, 0.15) is 11.6 Å². The highest BCUT2D eigenvalue weighted by atomic mass is 32.2. The first kappa shape index (κ1) is 22.4. The lowest BCUT2D eigenvalue weighted by Crippen LogP contribution is -2.39. The van der Waals surface area contributed by atoms with E-state index in [1.165, 1.54) is 6.07 Å². The van der Waals surface area contributed by atoms with Crippen molar-refractivity contribution in [2.45, 2.75) is 49.7 Å². The average molecular weight is 449 g/mol. The molecule has 0 spiro atoms. The molecule has 31 heavy (non-hydrogen) atoms. The molecule has 2 aliphatic carbocycles. The van der Waals surface area contributed by atoms with Gasteiger partial charge in [-0.05, 0) is 98.0 Å². The topological polar surface area (TPSA) is 58.2 Å². The summed E-state index contributed by atoms with van der Waals surface area (Å²) in [6, 6.07) is 10.2. The summed E-state index contributed by atoms with van der Waals surface area (Å²) in [6.45, 7) is 0.996. The van der Waals surface area contributed by atoms with E-state index in [4.69, 9.17) is 0 Å². The second-order valence-corrected chi connectivity index (χ2v) is 10.9. The van der Waals surface area contributed by atoms with Crippen LogP contribution in [0.25, 0.3) is 0 Å². The summed E-state index contributed by atoms with van der Waals surface area (Å²) >= 11 is 0. The molecular formula is C24H30F2N2O2S. The van der Waals surface area contributed by atoms with Crippen LogP contribution in [0.1, 0.15) is 47.4 Å². The van der Waals surface area contributed by atoms with E-state index < -0.39 is 10.0 Å². The van der Waals surface area contributed by atoms with Gasteiger partial charge in [-0.15, -0.1) is 0 Å². The Morgan fingerprint density at radius 2 is 1.94 bits per heavy atom. The van der Waals surface area contributed by atoms with Crippen molar-refractivity contribution in [1.29, 1.82) is 0 Å². The van der Waals surface area contributed by atoms with E-state index in [-0.39, 0.29) is 29.3 Å². The quantitative estimate of drug-likeness (QED) is 0.615. The monoisotopic (exact) mass is 448 g/mol. The minimum Gasteiger partial charge on any atom is -0.319 e. The first-order valence-corrected chi connectivity index (χ1v) is 12.6. The Kier molecular flexibility index (Phi) is 6.74. The summed E-state index contributed by atoms with van der Waals surface area (Å²) in [5, 5.41) is 2.93. The van der Waals surface area contributed by atoms with E-state index in [1.54, 1.807) is 18.2 Å². The molecule has 1 saturated carbocycles. The number of hydrogen-bond acceptors (Lipinski definition) is 3. The molecule has 2 N–H and O–H groups in total. The predicted molar refractivity (Wildman–Crippen MR) is 119 cm³/mol. The van der Waals surface area contributed by atoms with Gasteiger partial charge in [-0.2, -0.15) is 0 Å². The molecule has 0 saturated heterocycles. The van der Waals surface area contributed by atoms with Crippen LogP contribution in [0.15, 0.2) is 36.4 Å². The van der Waals surface area contributed by atoms with Crippen molar-refractivity contribution >= 4 is 10.0 Å². The van der Waals surface area contributed by atoms with E-state index in [0.29, 0.717) is 37.2 Å². The Labute approximate surface area is 183 Å². The maximum Gasteiger partial charge on any atom is 0.214 e. The summed E-state index contributed by atoms with van der Waals surface area (Å²) in [6.07, 6.45) is 4.15. The fourth-order valence-corrected chi connectivity index (χ4v) is 6.44. The second-order valence-electron chi connectivity index (χ2n) is 8.85. The van der Waals surface area contributed by atoms with Gasteiger partial charge in [0.05, 0.1) is 5.25 Å². The Hall–Kier alpha value is -1.83. The lowest BCUT2D eigenvalue weighted by Gasteiger charge is -2.25. The number of rotatable bonds is 9. The van der Waals surface area contributed by atoms with E-state index in [1.807, 2.05) is 19.2 Å². The smallest absolute Gasteiger partial charge is 0.214 e.